The SMILES string of the molecule is CCCn1ccc(CNC(C)c2cn(C)nc2C)n1. The summed E-state index contributed by atoms with van der Waals surface area (Å²) >= 11 is 0. The predicted octanol–water partition coefficient (Wildman–Crippen LogP) is 2.19. The molecule has 1 N–H and O–H groups in total. The average molecular weight is 261 g/mol. The van der Waals surface area contributed by atoms with Crippen LogP contribution in [0.2, 0.25) is 0 Å². The van der Waals surface area contributed by atoms with Gasteiger partial charge in [0.15, 0.2) is 0 Å². The van der Waals surface area contributed by atoms with Gasteiger partial charge in [-0.25, -0.2) is 0 Å². The molecule has 2 aromatic rings. The fraction of sp³-hybridized carbons (Fsp3) is 0.571. The molecule has 0 radical (unpaired) electrons. The van der Waals surface area contributed by atoms with E-state index >= 15 is 0 Å². The Kier molecular flexibility index (Phi) is 4.37. The van der Waals surface area contributed by atoms with E-state index in [0.29, 0.717) is 0 Å². The zero-order chi connectivity index (χ0) is 13.8. The van der Waals surface area contributed by atoms with Crippen LogP contribution in [0.5, 0.6) is 0 Å². The lowest BCUT2D eigenvalue weighted by Gasteiger charge is -2.11. The molecule has 5 heteroatoms. The summed E-state index contributed by atoms with van der Waals surface area (Å²) in [5.41, 5.74) is 3.41. The minimum absolute atomic E-state index is 0.282. The minimum atomic E-state index is 0.282. The van der Waals surface area contributed by atoms with Crippen LogP contribution in [0.15, 0.2) is 18.5 Å². The van der Waals surface area contributed by atoms with Crippen molar-refractivity contribution in [1.82, 2.24) is 24.9 Å². The van der Waals surface area contributed by atoms with E-state index in [0.717, 1.165) is 30.9 Å². The van der Waals surface area contributed by atoms with E-state index in [-0.39, 0.29) is 6.04 Å². The summed E-state index contributed by atoms with van der Waals surface area (Å²) in [5.74, 6) is 0. The molecule has 2 heterocycles. The molecule has 1 unspecified atom stereocenters. The molecule has 19 heavy (non-hydrogen) atoms. The normalized spacial score (nSPS) is 12.8. The van der Waals surface area contributed by atoms with Gasteiger partial charge in [0.05, 0.1) is 11.4 Å². The van der Waals surface area contributed by atoms with Crippen molar-refractivity contribution in [2.24, 2.45) is 7.05 Å². The van der Waals surface area contributed by atoms with Crippen molar-refractivity contribution in [3.8, 4) is 0 Å². The van der Waals surface area contributed by atoms with Crippen molar-refractivity contribution in [2.75, 3.05) is 0 Å². The topological polar surface area (TPSA) is 47.7 Å². The highest BCUT2D eigenvalue weighted by Crippen LogP contribution is 2.15. The largest absolute Gasteiger partial charge is 0.304 e. The summed E-state index contributed by atoms with van der Waals surface area (Å²) in [6.45, 7) is 8.13. The maximum absolute atomic E-state index is 4.53. The van der Waals surface area contributed by atoms with Crippen molar-refractivity contribution in [3.05, 3.63) is 35.4 Å². The van der Waals surface area contributed by atoms with Crippen LogP contribution in [0.1, 0.15) is 43.3 Å². The van der Waals surface area contributed by atoms with Crippen LogP contribution < -0.4 is 5.32 Å². The lowest BCUT2D eigenvalue weighted by Crippen LogP contribution is -2.19. The second-order valence-electron chi connectivity index (χ2n) is 5.02. The molecule has 0 saturated carbocycles. The third-order valence-electron chi connectivity index (χ3n) is 3.26. The van der Waals surface area contributed by atoms with Crippen LogP contribution in [0.25, 0.3) is 0 Å². The number of rotatable bonds is 6. The van der Waals surface area contributed by atoms with Gasteiger partial charge in [0.1, 0.15) is 0 Å². The van der Waals surface area contributed by atoms with Gasteiger partial charge in [-0.2, -0.15) is 10.2 Å². The third-order valence-corrected chi connectivity index (χ3v) is 3.26. The molecule has 0 amide bonds. The summed E-state index contributed by atoms with van der Waals surface area (Å²) in [5, 5.41) is 12.4. The molecule has 2 rings (SSSR count). The lowest BCUT2D eigenvalue weighted by atomic mass is 10.1. The zero-order valence-corrected chi connectivity index (χ0v) is 12.2. The van der Waals surface area contributed by atoms with Gasteiger partial charge < -0.3 is 5.32 Å². The van der Waals surface area contributed by atoms with Gasteiger partial charge in [-0.1, -0.05) is 6.92 Å². The van der Waals surface area contributed by atoms with Crippen molar-refractivity contribution in [2.45, 2.75) is 46.3 Å². The van der Waals surface area contributed by atoms with E-state index < -0.39 is 0 Å². The van der Waals surface area contributed by atoms with E-state index in [2.05, 4.69) is 41.6 Å². The first-order valence-corrected chi connectivity index (χ1v) is 6.86. The third kappa shape index (κ3) is 3.44. The molecule has 0 aliphatic carbocycles. The standard InChI is InChI=1S/C14H23N5/c1-5-7-19-8-6-13(17-19)9-15-11(2)14-10-18(4)16-12(14)3/h6,8,10-11,15H,5,7,9H2,1-4H3. The molecule has 1 atom stereocenters. The molecule has 0 spiro atoms. The number of aromatic nitrogens is 4. The van der Waals surface area contributed by atoms with Crippen LogP contribution in [0, 0.1) is 6.92 Å². The summed E-state index contributed by atoms with van der Waals surface area (Å²) in [7, 11) is 1.95. The van der Waals surface area contributed by atoms with E-state index in [1.165, 1.54) is 5.56 Å². The first-order chi connectivity index (χ1) is 9.10. The highest BCUT2D eigenvalue weighted by Gasteiger charge is 2.11. The molecule has 0 saturated heterocycles. The molecule has 0 aromatic carbocycles. The van der Waals surface area contributed by atoms with Gasteiger partial charge in [0.25, 0.3) is 0 Å². The van der Waals surface area contributed by atoms with Gasteiger partial charge in [-0.05, 0) is 26.3 Å². The molecule has 5 nitrogen and oxygen atoms in total. The highest BCUT2D eigenvalue weighted by molar-refractivity contribution is 5.19. The van der Waals surface area contributed by atoms with E-state index in [9.17, 15) is 0 Å². The quantitative estimate of drug-likeness (QED) is 0.867. The van der Waals surface area contributed by atoms with Crippen LogP contribution in [-0.2, 0) is 20.1 Å². The van der Waals surface area contributed by atoms with Crippen LogP contribution in [0.3, 0.4) is 0 Å². The first-order valence-electron chi connectivity index (χ1n) is 6.86. The maximum atomic E-state index is 4.53. The smallest absolute Gasteiger partial charge is 0.0762 e. The number of nitrogens with one attached hydrogen (secondary N) is 1. The average Bonchev–Trinajstić information content (AvgIpc) is 2.93. The monoisotopic (exact) mass is 261 g/mol. The summed E-state index contributed by atoms with van der Waals surface area (Å²) in [4.78, 5) is 0. The Labute approximate surface area is 114 Å². The van der Waals surface area contributed by atoms with Gasteiger partial charge in [0.2, 0.25) is 0 Å². The van der Waals surface area contributed by atoms with E-state index in [1.807, 2.05) is 29.5 Å². The number of nitrogens with zero attached hydrogens (tertiary/aromatic N) is 4. The first kappa shape index (κ1) is 13.8. The molecular formula is C14H23N5. The second kappa shape index (κ2) is 6.02. The Hall–Kier alpha value is -1.62. The van der Waals surface area contributed by atoms with E-state index in [1.54, 1.807) is 0 Å². The zero-order valence-electron chi connectivity index (χ0n) is 12.2. The predicted molar refractivity (Wildman–Crippen MR) is 75.7 cm³/mol. The lowest BCUT2D eigenvalue weighted by molar-refractivity contribution is 0.545. The van der Waals surface area contributed by atoms with Gasteiger partial charge in [-0.3, -0.25) is 9.36 Å². The van der Waals surface area contributed by atoms with Gasteiger partial charge in [0, 0.05) is 44.1 Å². The molecule has 0 aliphatic rings. The van der Waals surface area contributed by atoms with Crippen molar-refractivity contribution in [1.29, 1.82) is 0 Å². The number of hydrogen-bond acceptors (Lipinski definition) is 3. The molecule has 0 fully saturated rings. The number of aryl methyl sites for hydroxylation is 3. The van der Waals surface area contributed by atoms with Crippen molar-refractivity contribution < 1.29 is 0 Å². The fourth-order valence-corrected chi connectivity index (χ4v) is 2.26. The van der Waals surface area contributed by atoms with Crippen LogP contribution in [-0.4, -0.2) is 19.6 Å². The van der Waals surface area contributed by atoms with Crippen LogP contribution >= 0.6 is 0 Å². The van der Waals surface area contributed by atoms with Crippen LogP contribution in [0.4, 0.5) is 0 Å². The number of hydrogen-bond donors (Lipinski definition) is 1. The van der Waals surface area contributed by atoms with Crippen molar-refractivity contribution >= 4 is 0 Å². The Morgan fingerprint density at radius 3 is 2.79 bits per heavy atom. The van der Waals surface area contributed by atoms with Gasteiger partial charge >= 0.3 is 0 Å². The Balaban J connectivity index is 1.92. The Morgan fingerprint density at radius 2 is 2.16 bits per heavy atom. The van der Waals surface area contributed by atoms with Gasteiger partial charge in [-0.15, -0.1) is 0 Å². The fourth-order valence-electron chi connectivity index (χ4n) is 2.26. The second-order valence-corrected chi connectivity index (χ2v) is 5.02. The summed E-state index contributed by atoms with van der Waals surface area (Å²) in [6.07, 6.45) is 5.23. The van der Waals surface area contributed by atoms with Crippen molar-refractivity contribution in [3.63, 3.8) is 0 Å². The van der Waals surface area contributed by atoms with E-state index in [4.69, 9.17) is 0 Å². The Bertz CT molecular complexity index is 526. The Morgan fingerprint density at radius 1 is 1.37 bits per heavy atom. The molecule has 0 bridgehead atoms. The molecule has 2 aromatic heterocycles. The minimum Gasteiger partial charge on any atom is -0.304 e. The molecule has 104 valence electrons. The highest BCUT2D eigenvalue weighted by atomic mass is 15.3. The molecular weight excluding hydrogens is 238 g/mol. The molecule has 0 aliphatic heterocycles. The summed E-state index contributed by atoms with van der Waals surface area (Å²) in [6, 6.07) is 2.36. The maximum Gasteiger partial charge on any atom is 0.0762 e. The summed E-state index contributed by atoms with van der Waals surface area (Å²) < 4.78 is 3.86.